The summed E-state index contributed by atoms with van der Waals surface area (Å²) in [7, 11) is 0. The van der Waals surface area contributed by atoms with Crippen LogP contribution >= 0.6 is 0 Å². The molecule has 0 radical (unpaired) electrons. The molecule has 28 heavy (non-hydrogen) atoms. The van der Waals surface area contributed by atoms with Crippen LogP contribution in [0.4, 0.5) is 5.69 Å². The van der Waals surface area contributed by atoms with E-state index in [9.17, 15) is 14.4 Å². The molecule has 3 N–H and O–H groups in total. The van der Waals surface area contributed by atoms with Crippen LogP contribution in [-0.2, 0) is 9.59 Å². The Morgan fingerprint density at radius 2 is 1.61 bits per heavy atom. The smallest absolute Gasteiger partial charge is 0.251 e. The van der Waals surface area contributed by atoms with Crippen molar-refractivity contribution in [2.75, 3.05) is 18.4 Å². The maximum Gasteiger partial charge on any atom is 0.251 e. The van der Waals surface area contributed by atoms with Crippen LogP contribution < -0.4 is 16.0 Å². The van der Waals surface area contributed by atoms with Crippen molar-refractivity contribution in [2.24, 2.45) is 11.8 Å². The maximum atomic E-state index is 12.2. The van der Waals surface area contributed by atoms with Gasteiger partial charge in [-0.2, -0.15) is 0 Å². The van der Waals surface area contributed by atoms with Gasteiger partial charge >= 0.3 is 0 Å². The Morgan fingerprint density at radius 3 is 2.25 bits per heavy atom. The number of rotatable bonds is 9. The van der Waals surface area contributed by atoms with Crippen molar-refractivity contribution in [2.45, 2.75) is 58.8 Å². The Kier molecular flexibility index (Phi) is 8.98. The Labute approximate surface area is 167 Å². The lowest BCUT2D eigenvalue weighted by molar-refractivity contribution is -0.121. The van der Waals surface area contributed by atoms with E-state index in [4.69, 9.17) is 0 Å². The van der Waals surface area contributed by atoms with Gasteiger partial charge < -0.3 is 16.0 Å². The van der Waals surface area contributed by atoms with Gasteiger partial charge in [0.25, 0.3) is 5.91 Å². The molecule has 1 aromatic carbocycles. The largest absolute Gasteiger partial charge is 0.354 e. The van der Waals surface area contributed by atoms with Crippen molar-refractivity contribution in [1.29, 1.82) is 0 Å². The fraction of sp³-hybridized carbons (Fsp3) is 0.591. The fourth-order valence-electron chi connectivity index (χ4n) is 3.37. The lowest BCUT2D eigenvalue weighted by Gasteiger charge is -2.20. The van der Waals surface area contributed by atoms with Crippen LogP contribution in [0.25, 0.3) is 0 Å². The number of benzene rings is 1. The molecular formula is C22H33N3O3. The van der Waals surface area contributed by atoms with Gasteiger partial charge in [-0.15, -0.1) is 0 Å². The van der Waals surface area contributed by atoms with Crippen molar-refractivity contribution in [1.82, 2.24) is 10.6 Å². The standard InChI is InChI=1S/C22H33N3O3/c1-16(2)21(27)25-19-11-9-18(10-12-19)22(28)24-15-14-23-20(26)13-8-17-6-4-3-5-7-17/h9-12,16-17H,3-8,13-15H2,1-2H3,(H,23,26)(H,24,28)(H,25,27). The second-order valence-electron chi connectivity index (χ2n) is 7.87. The van der Waals surface area contributed by atoms with E-state index >= 15 is 0 Å². The number of nitrogens with one attached hydrogen (secondary N) is 3. The zero-order chi connectivity index (χ0) is 20.4. The normalized spacial score (nSPS) is 14.5. The second kappa shape index (κ2) is 11.5. The van der Waals surface area contributed by atoms with Gasteiger partial charge in [0.1, 0.15) is 0 Å². The van der Waals surface area contributed by atoms with Crippen LogP contribution in [-0.4, -0.2) is 30.8 Å². The predicted octanol–water partition coefficient (Wildman–Crippen LogP) is 3.49. The molecular weight excluding hydrogens is 354 g/mol. The summed E-state index contributed by atoms with van der Waals surface area (Å²) < 4.78 is 0. The molecule has 3 amide bonds. The Morgan fingerprint density at radius 1 is 0.964 bits per heavy atom. The number of hydrogen-bond donors (Lipinski definition) is 3. The average molecular weight is 388 g/mol. The molecule has 0 atom stereocenters. The number of hydrogen-bond acceptors (Lipinski definition) is 3. The third-order valence-electron chi connectivity index (χ3n) is 5.18. The van der Waals surface area contributed by atoms with E-state index in [2.05, 4.69) is 16.0 Å². The predicted molar refractivity (Wildman–Crippen MR) is 111 cm³/mol. The first-order valence-electron chi connectivity index (χ1n) is 10.4. The third-order valence-corrected chi connectivity index (χ3v) is 5.18. The first-order valence-corrected chi connectivity index (χ1v) is 10.4. The SMILES string of the molecule is CC(C)C(=O)Nc1ccc(C(=O)NCCNC(=O)CCC2CCCCC2)cc1. The summed E-state index contributed by atoms with van der Waals surface area (Å²) in [5.74, 6) is 0.410. The first-order chi connectivity index (χ1) is 13.5. The van der Waals surface area contributed by atoms with Crippen LogP contribution in [0.3, 0.4) is 0 Å². The number of carbonyl (C=O) groups is 3. The first kappa shape index (κ1) is 21.9. The van der Waals surface area contributed by atoms with E-state index in [-0.39, 0.29) is 23.6 Å². The number of carbonyl (C=O) groups excluding carboxylic acids is 3. The van der Waals surface area contributed by atoms with Gasteiger partial charge in [-0.25, -0.2) is 0 Å². The summed E-state index contributed by atoms with van der Waals surface area (Å²) in [6.07, 6.45) is 7.97. The van der Waals surface area contributed by atoms with E-state index in [0.29, 0.717) is 36.7 Å². The molecule has 1 fully saturated rings. The highest BCUT2D eigenvalue weighted by Gasteiger charge is 2.14. The van der Waals surface area contributed by atoms with E-state index in [1.54, 1.807) is 24.3 Å². The van der Waals surface area contributed by atoms with Crippen molar-refractivity contribution in [3.63, 3.8) is 0 Å². The van der Waals surface area contributed by atoms with Crippen LogP contribution in [0.2, 0.25) is 0 Å². The van der Waals surface area contributed by atoms with Gasteiger partial charge in [0.05, 0.1) is 0 Å². The van der Waals surface area contributed by atoms with Gasteiger partial charge in [-0.05, 0) is 36.6 Å². The van der Waals surface area contributed by atoms with E-state index in [0.717, 1.165) is 6.42 Å². The number of anilines is 1. The van der Waals surface area contributed by atoms with E-state index in [1.165, 1.54) is 32.1 Å². The number of amides is 3. The summed E-state index contributed by atoms with van der Waals surface area (Å²) in [6, 6.07) is 6.77. The molecule has 154 valence electrons. The highest BCUT2D eigenvalue weighted by Crippen LogP contribution is 2.27. The minimum Gasteiger partial charge on any atom is -0.354 e. The van der Waals surface area contributed by atoms with Gasteiger partial charge in [0, 0.05) is 36.7 Å². The topological polar surface area (TPSA) is 87.3 Å². The van der Waals surface area contributed by atoms with E-state index in [1.807, 2.05) is 13.8 Å². The van der Waals surface area contributed by atoms with Gasteiger partial charge in [0.2, 0.25) is 11.8 Å². The van der Waals surface area contributed by atoms with Gasteiger partial charge in [-0.3, -0.25) is 14.4 Å². The Balaban J connectivity index is 1.62. The Hall–Kier alpha value is -2.37. The van der Waals surface area contributed by atoms with Crippen molar-refractivity contribution >= 4 is 23.4 Å². The maximum absolute atomic E-state index is 12.2. The molecule has 6 nitrogen and oxygen atoms in total. The van der Waals surface area contributed by atoms with Crippen molar-refractivity contribution in [3.05, 3.63) is 29.8 Å². The van der Waals surface area contributed by atoms with Crippen LogP contribution in [0.5, 0.6) is 0 Å². The van der Waals surface area contributed by atoms with Gasteiger partial charge in [-0.1, -0.05) is 46.0 Å². The van der Waals surface area contributed by atoms with Crippen LogP contribution in [0.15, 0.2) is 24.3 Å². The zero-order valence-electron chi connectivity index (χ0n) is 17.1. The molecule has 0 saturated heterocycles. The molecule has 6 heteroatoms. The molecule has 0 heterocycles. The molecule has 0 bridgehead atoms. The highest BCUT2D eigenvalue weighted by atomic mass is 16.2. The molecule has 0 aliphatic heterocycles. The van der Waals surface area contributed by atoms with Crippen molar-refractivity contribution in [3.8, 4) is 0 Å². The minimum atomic E-state index is -0.196. The molecule has 1 saturated carbocycles. The highest BCUT2D eigenvalue weighted by molar-refractivity contribution is 5.96. The molecule has 1 aliphatic carbocycles. The summed E-state index contributed by atoms with van der Waals surface area (Å²) in [4.78, 5) is 35.7. The summed E-state index contributed by atoms with van der Waals surface area (Å²) in [5.41, 5.74) is 1.19. The zero-order valence-corrected chi connectivity index (χ0v) is 17.1. The minimum absolute atomic E-state index is 0.0589. The molecule has 1 aromatic rings. The summed E-state index contributed by atoms with van der Waals surface area (Å²) >= 11 is 0. The quantitative estimate of drug-likeness (QED) is 0.567. The molecule has 0 unspecified atom stereocenters. The Bertz CT molecular complexity index is 649. The molecule has 1 aliphatic rings. The lowest BCUT2D eigenvalue weighted by Crippen LogP contribution is -2.34. The van der Waals surface area contributed by atoms with Crippen LogP contribution in [0, 0.1) is 11.8 Å². The monoisotopic (exact) mass is 387 g/mol. The van der Waals surface area contributed by atoms with Crippen molar-refractivity contribution < 1.29 is 14.4 Å². The summed E-state index contributed by atoms with van der Waals surface area (Å²) in [5, 5.41) is 8.46. The lowest BCUT2D eigenvalue weighted by atomic mass is 9.86. The summed E-state index contributed by atoms with van der Waals surface area (Å²) in [6.45, 7) is 4.47. The fourth-order valence-corrected chi connectivity index (χ4v) is 3.37. The molecule has 2 rings (SSSR count). The average Bonchev–Trinajstić information content (AvgIpc) is 2.70. The van der Waals surface area contributed by atoms with E-state index < -0.39 is 0 Å². The van der Waals surface area contributed by atoms with Gasteiger partial charge in [0.15, 0.2) is 0 Å². The second-order valence-corrected chi connectivity index (χ2v) is 7.87. The van der Waals surface area contributed by atoms with Crippen LogP contribution in [0.1, 0.15) is 69.2 Å². The molecule has 0 spiro atoms. The molecule has 0 aromatic heterocycles. The third kappa shape index (κ3) is 7.71.